The van der Waals surface area contributed by atoms with Crippen LogP contribution in [-0.4, -0.2) is 120 Å². The summed E-state index contributed by atoms with van der Waals surface area (Å²) in [5.74, 6) is 2.93. The van der Waals surface area contributed by atoms with Gasteiger partial charge in [0.05, 0.1) is 30.5 Å². The second kappa shape index (κ2) is 20.3. The Morgan fingerprint density at radius 2 is 0.968 bits per heavy atom. The number of aromatic nitrogens is 3. The number of ether oxygens (including phenoxy) is 2. The molecule has 0 amide bonds. The molecule has 324 valence electrons. The number of benzene rings is 3. The maximum absolute atomic E-state index is 11.8. The summed E-state index contributed by atoms with van der Waals surface area (Å²) in [5, 5.41) is 13.3. The SMILES string of the molecule is COc1cc(N2CCN(C)CC2)ccc1Nc1cc(Nc2cccc(S(C)(=O)=O)c2)ccn1.COc1cc(N2CCN(C)CC2)ccc1Nc1cc(Nc2ccncc2)ccn1. The molecule has 0 saturated carbocycles. The number of hydrogen-bond donors (Lipinski definition) is 4. The number of nitrogens with zero attached hydrogens (tertiary/aromatic N) is 7. The van der Waals surface area contributed by atoms with Gasteiger partial charge in [-0.1, -0.05) is 6.07 Å². The molecule has 2 aliphatic rings. The lowest BCUT2D eigenvalue weighted by Gasteiger charge is -2.34. The summed E-state index contributed by atoms with van der Waals surface area (Å²) < 4.78 is 34.9. The molecule has 2 aliphatic heterocycles. The molecule has 3 aromatic carbocycles. The van der Waals surface area contributed by atoms with Crippen molar-refractivity contribution in [2.24, 2.45) is 0 Å². The van der Waals surface area contributed by atoms with E-state index < -0.39 is 9.84 Å². The van der Waals surface area contributed by atoms with Gasteiger partial charge in [0.25, 0.3) is 0 Å². The molecule has 16 heteroatoms. The van der Waals surface area contributed by atoms with E-state index in [1.54, 1.807) is 57.2 Å². The fraction of sp³-hybridized carbons (Fsp3) is 0.283. The number of likely N-dealkylation sites (N-methyl/N-ethyl adjacent to an activating group) is 2. The zero-order valence-corrected chi connectivity index (χ0v) is 36.7. The largest absolute Gasteiger partial charge is 0.494 e. The highest BCUT2D eigenvalue weighted by Crippen LogP contribution is 2.34. The Labute approximate surface area is 364 Å². The zero-order chi connectivity index (χ0) is 43.5. The molecule has 0 radical (unpaired) electrons. The molecule has 6 aromatic rings. The first-order valence-electron chi connectivity index (χ1n) is 20.5. The van der Waals surface area contributed by atoms with Gasteiger partial charge < -0.3 is 50.3 Å². The van der Waals surface area contributed by atoms with E-state index in [9.17, 15) is 8.42 Å². The third-order valence-electron chi connectivity index (χ3n) is 10.7. The molecule has 0 atom stereocenters. The maximum atomic E-state index is 11.8. The van der Waals surface area contributed by atoms with Crippen molar-refractivity contribution < 1.29 is 17.9 Å². The Morgan fingerprint density at radius 1 is 0.516 bits per heavy atom. The monoisotopic (exact) mass is 857 g/mol. The van der Waals surface area contributed by atoms with Gasteiger partial charge >= 0.3 is 0 Å². The van der Waals surface area contributed by atoms with Gasteiger partial charge in [0.15, 0.2) is 9.84 Å². The van der Waals surface area contributed by atoms with E-state index in [2.05, 4.69) is 94.2 Å². The highest BCUT2D eigenvalue weighted by molar-refractivity contribution is 7.90. The van der Waals surface area contributed by atoms with Crippen LogP contribution in [0.4, 0.5) is 57.1 Å². The topological polar surface area (TPSA) is 152 Å². The Balaban J connectivity index is 0.000000188. The molecular formula is C46H55N11O4S. The van der Waals surface area contributed by atoms with Crippen LogP contribution in [0.25, 0.3) is 0 Å². The van der Waals surface area contributed by atoms with E-state index in [4.69, 9.17) is 9.47 Å². The number of nitrogens with one attached hydrogen (secondary N) is 4. The molecule has 8 rings (SSSR count). The molecular weight excluding hydrogens is 803 g/mol. The summed E-state index contributed by atoms with van der Waals surface area (Å²) in [5.41, 5.74) is 7.42. The molecule has 3 aromatic heterocycles. The lowest BCUT2D eigenvalue weighted by molar-refractivity contribution is 0.312. The smallest absolute Gasteiger partial charge is 0.175 e. The average Bonchev–Trinajstić information content (AvgIpc) is 3.28. The number of hydrogen-bond acceptors (Lipinski definition) is 15. The van der Waals surface area contributed by atoms with Gasteiger partial charge in [-0.3, -0.25) is 4.98 Å². The van der Waals surface area contributed by atoms with Gasteiger partial charge in [-0.05, 0) is 80.8 Å². The van der Waals surface area contributed by atoms with E-state index in [0.29, 0.717) is 11.5 Å². The van der Waals surface area contributed by atoms with Gasteiger partial charge in [0.2, 0.25) is 0 Å². The van der Waals surface area contributed by atoms with Crippen molar-refractivity contribution in [2.75, 3.05) is 118 Å². The maximum Gasteiger partial charge on any atom is 0.175 e. The van der Waals surface area contributed by atoms with Crippen LogP contribution < -0.4 is 40.5 Å². The summed E-state index contributed by atoms with van der Waals surface area (Å²) in [6.45, 7) is 8.25. The lowest BCUT2D eigenvalue weighted by atomic mass is 10.2. The first-order chi connectivity index (χ1) is 30.0. The van der Waals surface area contributed by atoms with Crippen LogP contribution in [0.1, 0.15) is 0 Å². The van der Waals surface area contributed by atoms with Crippen LogP contribution in [0.15, 0.2) is 127 Å². The van der Waals surface area contributed by atoms with Crippen molar-refractivity contribution in [3.8, 4) is 11.5 Å². The van der Waals surface area contributed by atoms with E-state index in [0.717, 1.165) is 104 Å². The van der Waals surface area contributed by atoms with Crippen LogP contribution in [0, 0.1) is 0 Å². The van der Waals surface area contributed by atoms with E-state index in [1.165, 1.54) is 11.9 Å². The van der Waals surface area contributed by atoms with Gasteiger partial charge in [-0.25, -0.2) is 18.4 Å². The van der Waals surface area contributed by atoms with E-state index in [-0.39, 0.29) is 4.90 Å². The van der Waals surface area contributed by atoms with E-state index in [1.807, 2.05) is 54.6 Å². The molecule has 5 heterocycles. The molecule has 0 bridgehead atoms. The van der Waals surface area contributed by atoms with Crippen LogP contribution in [-0.2, 0) is 9.84 Å². The summed E-state index contributed by atoms with van der Waals surface area (Å²) in [7, 11) is 4.39. The second-order valence-corrected chi connectivity index (χ2v) is 17.3. The van der Waals surface area contributed by atoms with Crippen molar-refractivity contribution in [1.82, 2.24) is 24.8 Å². The third kappa shape index (κ3) is 11.8. The summed E-state index contributed by atoms with van der Waals surface area (Å²) in [6, 6.07) is 30.6. The molecule has 0 aliphatic carbocycles. The lowest BCUT2D eigenvalue weighted by Crippen LogP contribution is -2.44. The molecule has 4 N–H and O–H groups in total. The predicted molar refractivity (Wildman–Crippen MR) is 251 cm³/mol. The van der Waals surface area contributed by atoms with Gasteiger partial charge in [0.1, 0.15) is 23.1 Å². The molecule has 2 saturated heterocycles. The minimum atomic E-state index is -3.27. The van der Waals surface area contributed by atoms with Gasteiger partial charge in [0, 0.05) is 142 Å². The van der Waals surface area contributed by atoms with Crippen molar-refractivity contribution in [1.29, 1.82) is 0 Å². The minimum absolute atomic E-state index is 0.269. The fourth-order valence-electron chi connectivity index (χ4n) is 7.09. The van der Waals surface area contributed by atoms with Gasteiger partial charge in [-0.15, -0.1) is 0 Å². The van der Waals surface area contributed by atoms with Crippen molar-refractivity contribution >= 4 is 67.0 Å². The number of rotatable bonds is 13. The number of sulfone groups is 1. The Hall–Kier alpha value is -6.62. The number of methoxy groups -OCH3 is 2. The van der Waals surface area contributed by atoms with Crippen LogP contribution >= 0.6 is 0 Å². The second-order valence-electron chi connectivity index (χ2n) is 15.2. The first kappa shape index (κ1) is 43.5. The minimum Gasteiger partial charge on any atom is -0.494 e. The average molecular weight is 858 g/mol. The molecule has 15 nitrogen and oxygen atoms in total. The summed E-state index contributed by atoms with van der Waals surface area (Å²) in [6.07, 6.45) is 8.18. The molecule has 0 spiro atoms. The summed E-state index contributed by atoms with van der Waals surface area (Å²) >= 11 is 0. The third-order valence-corrected chi connectivity index (χ3v) is 11.8. The normalized spacial score (nSPS) is 14.6. The summed E-state index contributed by atoms with van der Waals surface area (Å²) in [4.78, 5) is 22.6. The van der Waals surface area contributed by atoms with Crippen LogP contribution in [0.3, 0.4) is 0 Å². The molecule has 62 heavy (non-hydrogen) atoms. The quantitative estimate of drug-likeness (QED) is 0.0909. The zero-order valence-electron chi connectivity index (χ0n) is 35.9. The number of piperazine rings is 2. The first-order valence-corrected chi connectivity index (χ1v) is 22.4. The van der Waals surface area contributed by atoms with Gasteiger partial charge in [-0.2, -0.15) is 0 Å². The fourth-order valence-corrected chi connectivity index (χ4v) is 7.76. The predicted octanol–water partition coefficient (Wildman–Crippen LogP) is 7.46. The number of anilines is 10. The Bertz CT molecular complexity index is 2510. The van der Waals surface area contributed by atoms with Crippen LogP contribution in [0.5, 0.6) is 11.5 Å². The molecule has 0 unspecified atom stereocenters. The highest BCUT2D eigenvalue weighted by Gasteiger charge is 2.18. The molecule has 2 fully saturated rings. The Morgan fingerprint density at radius 3 is 1.44 bits per heavy atom. The van der Waals surface area contributed by atoms with Crippen molar-refractivity contribution in [3.63, 3.8) is 0 Å². The van der Waals surface area contributed by atoms with Crippen molar-refractivity contribution in [2.45, 2.75) is 4.90 Å². The standard InChI is InChI=1S/C24H29N5O3S.C22H26N6O/c1-28-11-13-29(14-12-28)20-7-8-22(23(17-20)32-2)27-24-16-19(9-10-25-24)26-18-5-4-6-21(15-18)33(3,30)31;1-27-11-13-28(14-12-27)19-3-4-20(21(16-19)29-2)26-22-15-18(7-10-24-22)25-17-5-8-23-9-6-17/h4-10,15-17H,11-14H2,1-3H3,(H2,25,26,27);3-10,15-16H,11-14H2,1-2H3,(H2,23,24,25,26). The number of pyridine rings is 3. The Kier molecular flexibility index (Phi) is 14.2. The highest BCUT2D eigenvalue weighted by atomic mass is 32.2. The van der Waals surface area contributed by atoms with Crippen LogP contribution in [0.2, 0.25) is 0 Å². The van der Waals surface area contributed by atoms with E-state index >= 15 is 0 Å². The van der Waals surface area contributed by atoms with Crippen molar-refractivity contribution in [3.05, 3.63) is 122 Å².